The summed E-state index contributed by atoms with van der Waals surface area (Å²) in [5.41, 5.74) is 13.1. The van der Waals surface area contributed by atoms with Crippen LogP contribution in [0.2, 0.25) is 0 Å². The summed E-state index contributed by atoms with van der Waals surface area (Å²) in [4.78, 5) is 13.5. The minimum Gasteiger partial charge on any atom is -0.397 e. The number of nitrogens with zero attached hydrogens (tertiary/aromatic N) is 1. The number of aliphatic hydroxyl groups excluding tert-OH is 1. The molecule has 5 N–H and O–H groups in total. The summed E-state index contributed by atoms with van der Waals surface area (Å²) in [5.74, 6) is -0.00163. The maximum absolute atomic E-state index is 11.4. The van der Waals surface area contributed by atoms with Crippen LogP contribution in [0.4, 0.5) is 11.4 Å². The zero-order valence-electron chi connectivity index (χ0n) is 10.3. The van der Waals surface area contributed by atoms with Gasteiger partial charge in [-0.2, -0.15) is 0 Å². The summed E-state index contributed by atoms with van der Waals surface area (Å²) in [5, 5.41) is 8.96. The van der Waals surface area contributed by atoms with E-state index in [2.05, 4.69) is 4.90 Å². The lowest BCUT2D eigenvalue weighted by atomic mass is 10.1. The Labute approximate surface area is 106 Å². The minimum atomic E-state index is -0.456. The Kier molecular flexibility index (Phi) is 3.72. The van der Waals surface area contributed by atoms with E-state index in [0.29, 0.717) is 17.2 Å². The molecule has 0 spiro atoms. The molecule has 1 amide bonds. The largest absolute Gasteiger partial charge is 0.397 e. The van der Waals surface area contributed by atoms with Crippen LogP contribution in [0.25, 0.3) is 0 Å². The number of nitrogens with two attached hydrogens (primary N) is 2. The third-order valence-electron chi connectivity index (χ3n) is 3.47. The van der Waals surface area contributed by atoms with Crippen molar-refractivity contribution in [3.63, 3.8) is 0 Å². The van der Waals surface area contributed by atoms with Crippen LogP contribution < -0.4 is 16.4 Å². The molecule has 1 fully saturated rings. The maximum atomic E-state index is 11.4. The van der Waals surface area contributed by atoms with E-state index in [1.54, 1.807) is 18.2 Å². The van der Waals surface area contributed by atoms with Crippen molar-refractivity contribution in [2.24, 2.45) is 11.7 Å². The fraction of sp³-hybridized carbons (Fsp3) is 0.462. The van der Waals surface area contributed by atoms with E-state index in [-0.39, 0.29) is 6.61 Å². The Morgan fingerprint density at radius 3 is 2.94 bits per heavy atom. The molecule has 98 valence electrons. The zero-order valence-corrected chi connectivity index (χ0v) is 10.3. The van der Waals surface area contributed by atoms with Gasteiger partial charge in [0.1, 0.15) is 0 Å². The number of hydrogen-bond acceptors (Lipinski definition) is 4. The molecule has 0 saturated carbocycles. The topological polar surface area (TPSA) is 92.6 Å². The van der Waals surface area contributed by atoms with E-state index in [1.807, 2.05) is 0 Å². The molecule has 1 saturated heterocycles. The number of carbonyl (C=O) groups is 1. The predicted octanol–water partition coefficient (Wildman–Crippen LogP) is 0.576. The molecule has 1 unspecified atom stereocenters. The van der Waals surface area contributed by atoms with Crippen molar-refractivity contribution in [3.8, 4) is 0 Å². The molecule has 0 bridgehead atoms. The number of benzene rings is 1. The molecule has 1 aromatic carbocycles. The van der Waals surface area contributed by atoms with Gasteiger partial charge in [0.25, 0.3) is 5.91 Å². The third-order valence-corrected chi connectivity index (χ3v) is 3.47. The first-order valence-electron chi connectivity index (χ1n) is 6.17. The highest BCUT2D eigenvalue weighted by Crippen LogP contribution is 2.32. The molecule has 18 heavy (non-hydrogen) atoms. The van der Waals surface area contributed by atoms with Gasteiger partial charge in [0, 0.05) is 19.7 Å². The molecule has 1 heterocycles. The van der Waals surface area contributed by atoms with Gasteiger partial charge in [-0.05, 0) is 30.9 Å². The van der Waals surface area contributed by atoms with Crippen LogP contribution >= 0.6 is 0 Å². The minimum absolute atomic E-state index is 0.200. The van der Waals surface area contributed by atoms with Gasteiger partial charge in [-0.1, -0.05) is 6.07 Å². The second-order valence-corrected chi connectivity index (χ2v) is 4.72. The first-order chi connectivity index (χ1) is 8.63. The van der Waals surface area contributed by atoms with E-state index < -0.39 is 5.91 Å². The normalized spacial score (nSPS) is 19.2. The molecule has 0 radical (unpaired) electrons. The number of para-hydroxylation sites is 1. The smallest absolute Gasteiger partial charge is 0.250 e. The second kappa shape index (κ2) is 5.27. The van der Waals surface area contributed by atoms with Gasteiger partial charge in [0.05, 0.1) is 16.9 Å². The molecule has 1 aliphatic rings. The van der Waals surface area contributed by atoms with Gasteiger partial charge in [0.2, 0.25) is 0 Å². The average molecular weight is 249 g/mol. The molecular formula is C13H19N3O2. The highest BCUT2D eigenvalue weighted by atomic mass is 16.3. The SMILES string of the molecule is NC(=O)c1cccc(N)c1N1CCC(CCO)C1. The Balaban J connectivity index is 2.26. The van der Waals surface area contributed by atoms with Crippen molar-refractivity contribution >= 4 is 17.3 Å². The monoisotopic (exact) mass is 249 g/mol. The van der Waals surface area contributed by atoms with E-state index in [9.17, 15) is 4.79 Å². The lowest BCUT2D eigenvalue weighted by Gasteiger charge is -2.22. The van der Waals surface area contributed by atoms with Crippen LogP contribution in [0.3, 0.4) is 0 Å². The highest BCUT2D eigenvalue weighted by molar-refractivity contribution is 6.01. The van der Waals surface area contributed by atoms with Crippen molar-refractivity contribution in [1.82, 2.24) is 0 Å². The number of nitrogen functional groups attached to an aromatic ring is 1. The summed E-state index contributed by atoms with van der Waals surface area (Å²) in [6.07, 6.45) is 1.79. The number of hydrogen-bond donors (Lipinski definition) is 3. The van der Waals surface area contributed by atoms with Crippen molar-refractivity contribution in [3.05, 3.63) is 23.8 Å². The standard InChI is InChI=1S/C13H19N3O2/c14-11-3-1-2-10(13(15)18)12(11)16-6-4-9(8-16)5-7-17/h1-3,9,17H,4-8,14H2,(H2,15,18). The molecular weight excluding hydrogens is 230 g/mol. The molecule has 1 atom stereocenters. The fourth-order valence-corrected chi connectivity index (χ4v) is 2.57. The average Bonchev–Trinajstić information content (AvgIpc) is 2.77. The Hall–Kier alpha value is -1.75. The summed E-state index contributed by atoms with van der Waals surface area (Å²) in [7, 11) is 0. The lowest BCUT2D eigenvalue weighted by Crippen LogP contribution is -2.25. The van der Waals surface area contributed by atoms with Crippen LogP contribution in [0.15, 0.2) is 18.2 Å². The van der Waals surface area contributed by atoms with Crippen LogP contribution in [0.1, 0.15) is 23.2 Å². The van der Waals surface area contributed by atoms with E-state index in [1.165, 1.54) is 0 Å². The Morgan fingerprint density at radius 1 is 1.50 bits per heavy atom. The highest BCUT2D eigenvalue weighted by Gasteiger charge is 2.26. The van der Waals surface area contributed by atoms with Crippen molar-refractivity contribution in [2.45, 2.75) is 12.8 Å². The fourth-order valence-electron chi connectivity index (χ4n) is 2.57. The molecule has 5 heteroatoms. The Morgan fingerprint density at radius 2 is 2.28 bits per heavy atom. The van der Waals surface area contributed by atoms with Crippen LogP contribution in [0, 0.1) is 5.92 Å². The molecule has 1 aliphatic heterocycles. The zero-order chi connectivity index (χ0) is 13.1. The summed E-state index contributed by atoms with van der Waals surface area (Å²) in [6, 6.07) is 5.22. The molecule has 5 nitrogen and oxygen atoms in total. The van der Waals surface area contributed by atoms with Gasteiger partial charge in [-0.25, -0.2) is 0 Å². The quantitative estimate of drug-likeness (QED) is 0.680. The number of amides is 1. The van der Waals surface area contributed by atoms with Gasteiger partial charge >= 0.3 is 0 Å². The number of aliphatic hydroxyl groups is 1. The van der Waals surface area contributed by atoms with Crippen LogP contribution in [0.5, 0.6) is 0 Å². The predicted molar refractivity (Wildman–Crippen MR) is 71.4 cm³/mol. The van der Waals surface area contributed by atoms with Crippen molar-refractivity contribution in [2.75, 3.05) is 30.3 Å². The summed E-state index contributed by atoms with van der Waals surface area (Å²) < 4.78 is 0. The van der Waals surface area contributed by atoms with E-state index in [0.717, 1.165) is 31.6 Å². The number of rotatable bonds is 4. The lowest BCUT2D eigenvalue weighted by molar-refractivity contribution is 0.100. The van der Waals surface area contributed by atoms with Crippen molar-refractivity contribution in [1.29, 1.82) is 0 Å². The van der Waals surface area contributed by atoms with Gasteiger partial charge in [0.15, 0.2) is 0 Å². The maximum Gasteiger partial charge on any atom is 0.250 e. The van der Waals surface area contributed by atoms with E-state index >= 15 is 0 Å². The summed E-state index contributed by atoms with van der Waals surface area (Å²) >= 11 is 0. The number of anilines is 2. The van der Waals surface area contributed by atoms with Crippen molar-refractivity contribution < 1.29 is 9.90 Å². The van der Waals surface area contributed by atoms with Gasteiger partial charge < -0.3 is 21.5 Å². The second-order valence-electron chi connectivity index (χ2n) is 4.72. The number of carbonyl (C=O) groups excluding carboxylic acids is 1. The summed E-state index contributed by atoms with van der Waals surface area (Å²) in [6.45, 7) is 1.86. The van der Waals surface area contributed by atoms with Crippen LogP contribution in [-0.2, 0) is 0 Å². The van der Waals surface area contributed by atoms with E-state index in [4.69, 9.17) is 16.6 Å². The first kappa shape index (κ1) is 12.7. The third kappa shape index (κ3) is 2.41. The number of primary amides is 1. The first-order valence-corrected chi connectivity index (χ1v) is 6.17. The van der Waals surface area contributed by atoms with Gasteiger partial charge in [-0.3, -0.25) is 4.79 Å². The molecule has 0 aliphatic carbocycles. The molecule has 1 aromatic rings. The molecule has 2 rings (SSSR count). The Bertz CT molecular complexity index is 448. The molecule has 0 aromatic heterocycles. The van der Waals surface area contributed by atoms with Crippen LogP contribution in [-0.4, -0.2) is 30.7 Å². The van der Waals surface area contributed by atoms with Gasteiger partial charge in [-0.15, -0.1) is 0 Å².